The van der Waals surface area contributed by atoms with Crippen molar-refractivity contribution in [2.75, 3.05) is 10.6 Å². The number of hydrogen-bond acceptors (Lipinski definition) is 2. The summed E-state index contributed by atoms with van der Waals surface area (Å²) in [4.78, 5) is 0. The van der Waals surface area contributed by atoms with Gasteiger partial charge in [-0.05, 0) is 56.8 Å². The first kappa shape index (κ1) is 19.3. The quantitative estimate of drug-likeness (QED) is 0.569. The van der Waals surface area contributed by atoms with Crippen LogP contribution in [0.3, 0.4) is 0 Å². The summed E-state index contributed by atoms with van der Waals surface area (Å²) in [6.45, 7) is 6.67. The third kappa shape index (κ3) is 4.64. The Kier molecular flexibility index (Phi) is 5.77. The minimum absolute atomic E-state index is 0.0427. The Morgan fingerprint density at radius 1 is 1.11 bits per heavy atom. The van der Waals surface area contributed by atoms with E-state index in [1.165, 1.54) is 23.3 Å². The second-order valence-corrected chi connectivity index (χ2v) is 7.21. The van der Waals surface area contributed by atoms with E-state index in [1.54, 1.807) is 6.07 Å². The zero-order valence-corrected chi connectivity index (χ0v) is 16.9. The number of halogens is 2. The van der Waals surface area contributed by atoms with Crippen LogP contribution in [-0.4, -0.2) is 14.9 Å². The average molecular weight is 403 g/mol. The lowest BCUT2D eigenvalue weighted by Crippen LogP contribution is -2.20. The van der Waals surface area contributed by atoms with Gasteiger partial charge in [0, 0.05) is 5.69 Å². The number of nitrogens with one attached hydrogen (secondary N) is 2. The zero-order chi connectivity index (χ0) is 19.6. The first-order valence-electron chi connectivity index (χ1n) is 8.46. The van der Waals surface area contributed by atoms with E-state index in [1.807, 2.05) is 18.5 Å². The van der Waals surface area contributed by atoms with Crippen LogP contribution in [0.4, 0.5) is 15.8 Å². The lowest BCUT2D eigenvalue weighted by Gasteiger charge is -2.12. The molecule has 0 atom stereocenters. The molecule has 7 heteroatoms. The van der Waals surface area contributed by atoms with Gasteiger partial charge in [0.05, 0.1) is 28.6 Å². The minimum atomic E-state index is -0.467. The van der Waals surface area contributed by atoms with Crippen molar-refractivity contribution in [2.45, 2.75) is 27.3 Å². The fraction of sp³-hybridized carbons (Fsp3) is 0.200. The molecule has 0 radical (unpaired) electrons. The average Bonchev–Trinajstić information content (AvgIpc) is 2.87. The topological polar surface area (TPSA) is 41.9 Å². The normalized spacial score (nSPS) is 10.7. The van der Waals surface area contributed by atoms with Crippen molar-refractivity contribution in [1.82, 2.24) is 9.78 Å². The summed E-state index contributed by atoms with van der Waals surface area (Å²) in [6.07, 6.45) is 0. The van der Waals surface area contributed by atoms with Crippen LogP contribution in [0, 0.1) is 26.6 Å². The molecular formula is C20H20ClFN4S. The second kappa shape index (κ2) is 8.06. The first-order chi connectivity index (χ1) is 12.8. The molecule has 0 fully saturated rings. The monoisotopic (exact) mass is 402 g/mol. The Balaban J connectivity index is 1.72. The molecule has 0 aliphatic heterocycles. The Hall–Kier alpha value is -2.44. The molecule has 0 amide bonds. The van der Waals surface area contributed by atoms with Crippen molar-refractivity contribution in [2.24, 2.45) is 0 Å². The van der Waals surface area contributed by atoms with E-state index in [0.717, 1.165) is 17.1 Å². The van der Waals surface area contributed by atoms with Crippen LogP contribution < -0.4 is 10.6 Å². The van der Waals surface area contributed by atoms with E-state index >= 15 is 0 Å². The summed E-state index contributed by atoms with van der Waals surface area (Å²) in [5.74, 6) is -0.467. The third-order valence-corrected chi connectivity index (χ3v) is 4.74. The number of benzene rings is 2. The van der Waals surface area contributed by atoms with Gasteiger partial charge in [0.15, 0.2) is 5.11 Å². The predicted molar refractivity (Wildman–Crippen MR) is 113 cm³/mol. The van der Waals surface area contributed by atoms with Gasteiger partial charge >= 0.3 is 0 Å². The van der Waals surface area contributed by atoms with Crippen LogP contribution in [0.25, 0.3) is 0 Å². The molecule has 0 spiro atoms. The van der Waals surface area contributed by atoms with Crippen LogP contribution in [0.2, 0.25) is 5.02 Å². The van der Waals surface area contributed by atoms with Crippen LogP contribution in [0.15, 0.2) is 42.5 Å². The molecule has 2 N–H and O–H groups in total. The minimum Gasteiger partial charge on any atom is -0.332 e. The third-order valence-electron chi connectivity index (χ3n) is 4.25. The van der Waals surface area contributed by atoms with Gasteiger partial charge in [-0.25, -0.2) is 4.39 Å². The first-order valence-corrected chi connectivity index (χ1v) is 9.24. The van der Waals surface area contributed by atoms with Gasteiger partial charge in [-0.15, -0.1) is 0 Å². The van der Waals surface area contributed by atoms with Gasteiger partial charge in [-0.1, -0.05) is 41.4 Å². The van der Waals surface area contributed by atoms with Gasteiger partial charge in [-0.2, -0.15) is 5.10 Å². The van der Waals surface area contributed by atoms with E-state index < -0.39 is 5.82 Å². The molecule has 0 unspecified atom stereocenters. The Labute approximate surface area is 168 Å². The Bertz CT molecular complexity index is 982. The van der Waals surface area contributed by atoms with E-state index in [-0.39, 0.29) is 5.02 Å². The van der Waals surface area contributed by atoms with Crippen LogP contribution in [0.5, 0.6) is 0 Å². The van der Waals surface area contributed by atoms with E-state index in [0.29, 0.717) is 17.3 Å². The van der Waals surface area contributed by atoms with Crippen molar-refractivity contribution < 1.29 is 4.39 Å². The fourth-order valence-corrected chi connectivity index (χ4v) is 3.15. The maximum Gasteiger partial charge on any atom is 0.175 e. The van der Waals surface area contributed by atoms with E-state index in [4.69, 9.17) is 23.8 Å². The molecule has 4 nitrogen and oxygen atoms in total. The van der Waals surface area contributed by atoms with Gasteiger partial charge in [0.1, 0.15) is 5.82 Å². The summed E-state index contributed by atoms with van der Waals surface area (Å²) in [7, 11) is 0. The molecule has 3 rings (SSSR count). The standard InChI is InChI=1S/C20H20ClFN4S/c1-12-4-6-15(7-5-12)11-26-14(3)19(13(2)25-26)24-20(27)23-16-8-9-18(22)17(21)10-16/h4-10H,11H2,1-3H3,(H2,23,24,27). The number of hydrogen-bond donors (Lipinski definition) is 2. The number of rotatable bonds is 4. The number of aryl methyl sites for hydroxylation is 2. The smallest absolute Gasteiger partial charge is 0.175 e. The molecule has 3 aromatic rings. The molecule has 140 valence electrons. The summed E-state index contributed by atoms with van der Waals surface area (Å²) < 4.78 is 15.2. The molecular weight excluding hydrogens is 383 g/mol. The summed E-state index contributed by atoms with van der Waals surface area (Å²) in [5, 5.41) is 11.2. The molecule has 0 bridgehead atoms. The molecule has 1 heterocycles. The number of anilines is 2. The van der Waals surface area contributed by atoms with Gasteiger partial charge in [0.2, 0.25) is 0 Å². The lowest BCUT2D eigenvalue weighted by atomic mass is 10.1. The number of aromatic nitrogens is 2. The number of thiocarbonyl (C=S) groups is 1. The second-order valence-electron chi connectivity index (χ2n) is 6.40. The van der Waals surface area contributed by atoms with Crippen LogP contribution in [-0.2, 0) is 6.54 Å². The Morgan fingerprint density at radius 2 is 1.81 bits per heavy atom. The summed E-state index contributed by atoms with van der Waals surface area (Å²) in [6, 6.07) is 12.7. The summed E-state index contributed by atoms with van der Waals surface area (Å²) >= 11 is 11.2. The highest BCUT2D eigenvalue weighted by atomic mass is 35.5. The van der Waals surface area contributed by atoms with Gasteiger partial charge in [0.25, 0.3) is 0 Å². The molecule has 0 saturated heterocycles. The highest BCUT2D eigenvalue weighted by Gasteiger charge is 2.13. The van der Waals surface area contributed by atoms with Crippen molar-refractivity contribution in [1.29, 1.82) is 0 Å². The van der Waals surface area contributed by atoms with Crippen molar-refractivity contribution in [3.8, 4) is 0 Å². The SMILES string of the molecule is Cc1ccc(Cn2nc(C)c(NC(=S)Nc3ccc(F)c(Cl)c3)c2C)cc1. The van der Waals surface area contributed by atoms with Crippen molar-refractivity contribution >= 4 is 40.3 Å². The highest BCUT2D eigenvalue weighted by molar-refractivity contribution is 7.80. The van der Waals surface area contributed by atoms with Crippen LogP contribution >= 0.6 is 23.8 Å². The van der Waals surface area contributed by atoms with E-state index in [2.05, 4.69) is 46.9 Å². The fourth-order valence-electron chi connectivity index (χ4n) is 2.75. The van der Waals surface area contributed by atoms with Crippen molar-refractivity contribution in [3.05, 3.63) is 75.8 Å². The maximum absolute atomic E-state index is 13.3. The molecule has 0 saturated carbocycles. The summed E-state index contributed by atoms with van der Waals surface area (Å²) in [5.41, 5.74) is 5.70. The van der Waals surface area contributed by atoms with Crippen LogP contribution in [0.1, 0.15) is 22.5 Å². The largest absolute Gasteiger partial charge is 0.332 e. The Morgan fingerprint density at radius 3 is 2.48 bits per heavy atom. The molecule has 0 aliphatic carbocycles. The lowest BCUT2D eigenvalue weighted by molar-refractivity contribution is 0.628. The van der Waals surface area contributed by atoms with E-state index in [9.17, 15) is 4.39 Å². The number of nitrogens with zero attached hydrogens (tertiary/aromatic N) is 2. The molecule has 0 aliphatic rings. The maximum atomic E-state index is 13.3. The predicted octanol–water partition coefficient (Wildman–Crippen LogP) is 5.46. The molecule has 27 heavy (non-hydrogen) atoms. The van der Waals surface area contributed by atoms with Gasteiger partial charge < -0.3 is 10.6 Å². The molecule has 2 aromatic carbocycles. The molecule has 1 aromatic heterocycles. The zero-order valence-electron chi connectivity index (χ0n) is 15.3. The van der Waals surface area contributed by atoms with Gasteiger partial charge in [-0.3, -0.25) is 4.68 Å². The highest BCUT2D eigenvalue weighted by Crippen LogP contribution is 2.22. The van der Waals surface area contributed by atoms with Crippen molar-refractivity contribution in [3.63, 3.8) is 0 Å².